The van der Waals surface area contributed by atoms with Crippen molar-refractivity contribution >= 4 is 29.1 Å². The molecule has 1 N–H and O–H groups in total. The van der Waals surface area contributed by atoms with Crippen molar-refractivity contribution < 1.29 is 45.1 Å². The summed E-state index contributed by atoms with van der Waals surface area (Å²) in [7, 11) is 0. The Bertz CT molecular complexity index is 1220. The van der Waals surface area contributed by atoms with Gasteiger partial charge in [0, 0.05) is 42.4 Å². The molecule has 7 nitrogen and oxygen atoms in total. The summed E-state index contributed by atoms with van der Waals surface area (Å²) in [5.41, 5.74) is -6.09. The number of fused-ring (bicyclic) bond motifs is 2. The number of aromatic nitrogens is 2. The molecule has 2 aromatic rings. The van der Waals surface area contributed by atoms with Crippen LogP contribution in [0.1, 0.15) is 31.7 Å². The van der Waals surface area contributed by atoms with Gasteiger partial charge in [-0.3, -0.25) is 14.5 Å². The van der Waals surface area contributed by atoms with Crippen LogP contribution >= 0.6 is 11.6 Å². The van der Waals surface area contributed by atoms with Crippen molar-refractivity contribution in [3.8, 4) is 5.75 Å². The lowest BCUT2D eigenvalue weighted by atomic mass is 9.87. The first-order valence-electron chi connectivity index (χ1n) is 11.2. The van der Waals surface area contributed by atoms with Gasteiger partial charge in [0.15, 0.2) is 11.4 Å². The van der Waals surface area contributed by atoms with Crippen molar-refractivity contribution in [1.82, 2.24) is 15.3 Å². The lowest BCUT2D eigenvalue weighted by Gasteiger charge is -2.41. The molecule has 0 aliphatic heterocycles. The zero-order valence-corrected chi connectivity index (χ0v) is 20.2. The highest BCUT2D eigenvalue weighted by Crippen LogP contribution is 2.54. The highest BCUT2D eigenvalue weighted by molar-refractivity contribution is 6.32. The Hall–Kier alpha value is -3.16. The van der Waals surface area contributed by atoms with E-state index in [1.54, 1.807) is 0 Å². The minimum Gasteiger partial charge on any atom is -0.406 e. The number of ether oxygens (including phenoxy) is 1. The fraction of sp³-hybridized carbons (Fsp3) is 0.478. The normalized spacial score (nSPS) is 24.4. The van der Waals surface area contributed by atoms with Gasteiger partial charge < -0.3 is 10.1 Å². The Morgan fingerprint density at radius 2 is 1.87 bits per heavy atom. The summed E-state index contributed by atoms with van der Waals surface area (Å²) in [5, 5.41) is 2.61. The van der Waals surface area contributed by atoms with Crippen LogP contribution < -0.4 is 15.0 Å². The van der Waals surface area contributed by atoms with Crippen molar-refractivity contribution in [2.75, 3.05) is 4.90 Å². The molecule has 0 saturated heterocycles. The number of nitrogens with zero attached hydrogens (tertiary/aromatic N) is 3. The first-order valence-corrected chi connectivity index (χ1v) is 11.7. The maximum atomic E-state index is 15.2. The second-order valence-electron chi connectivity index (χ2n) is 9.31. The predicted octanol–water partition coefficient (Wildman–Crippen LogP) is 4.85. The molecule has 1 unspecified atom stereocenters. The first-order chi connectivity index (χ1) is 17.6. The number of hydrogen-bond donors (Lipinski definition) is 1. The fourth-order valence-corrected chi connectivity index (χ4v) is 5.25. The average molecular weight is 569 g/mol. The van der Waals surface area contributed by atoms with Gasteiger partial charge in [-0.2, -0.15) is 0 Å². The molecule has 5 atom stereocenters. The number of nitrogens with one attached hydrogen (secondary N) is 1. The third-order valence-corrected chi connectivity index (χ3v) is 7.14. The van der Waals surface area contributed by atoms with Crippen LogP contribution in [0, 0.1) is 17.7 Å². The Labute approximate surface area is 216 Å². The summed E-state index contributed by atoms with van der Waals surface area (Å²) >= 11 is 5.39. The van der Waals surface area contributed by atoms with E-state index in [0.29, 0.717) is 23.1 Å². The quantitative estimate of drug-likeness (QED) is 0.381. The van der Waals surface area contributed by atoms with Crippen LogP contribution in [0.4, 0.5) is 36.4 Å². The van der Waals surface area contributed by atoms with E-state index in [2.05, 4.69) is 20.0 Å². The molecular formula is C23H20ClF7N4O3. The molecular weight excluding hydrogens is 549 g/mol. The summed E-state index contributed by atoms with van der Waals surface area (Å²) in [6, 6.07) is 0.909. The average Bonchev–Trinajstić information content (AvgIpc) is 3.35. The smallest absolute Gasteiger partial charge is 0.406 e. The molecule has 206 valence electrons. The van der Waals surface area contributed by atoms with Crippen molar-refractivity contribution in [3.05, 3.63) is 48.3 Å². The molecule has 2 saturated carbocycles. The Kier molecular flexibility index (Phi) is 7.23. The number of hydrogen-bond acceptors (Lipinski definition) is 5. The van der Waals surface area contributed by atoms with E-state index in [1.807, 2.05) is 0 Å². The summed E-state index contributed by atoms with van der Waals surface area (Å²) in [6.45, 7) is 1.10. The molecule has 4 rings (SSSR count). The van der Waals surface area contributed by atoms with Crippen molar-refractivity contribution in [2.45, 2.75) is 55.7 Å². The lowest BCUT2D eigenvalue weighted by Crippen LogP contribution is -2.60. The highest BCUT2D eigenvalue weighted by Gasteiger charge is 2.58. The molecule has 2 fully saturated rings. The van der Waals surface area contributed by atoms with Crippen molar-refractivity contribution in [1.29, 1.82) is 0 Å². The SMILES string of the molecule is C[C@](C(=O)N[C@@H]1C[C@@H]2CC1CC2(F)F)(c1cncnc1)N(C(=O)[C@H](F)Cl)c1ccc(OC(F)(F)F)cc1F. The number of rotatable bonds is 7. The zero-order chi connectivity index (χ0) is 28.0. The van der Waals surface area contributed by atoms with Gasteiger partial charge in [-0.15, -0.1) is 13.2 Å². The molecule has 2 aliphatic carbocycles. The summed E-state index contributed by atoms with van der Waals surface area (Å²) < 4.78 is 98.9. The van der Waals surface area contributed by atoms with E-state index in [1.165, 1.54) is 0 Å². The number of benzene rings is 1. The number of amides is 2. The molecule has 38 heavy (non-hydrogen) atoms. The standard InChI is InChI=1S/C23H20ClF7N4O3/c1-21(13-8-32-10-33-9-13,20(37)34-16-5-12-4-11(16)7-22(12,27)28)35(19(36)18(24)26)17-3-2-14(6-15(17)25)38-23(29,30)31/h2-3,6,8-12,16,18H,4-5,7H2,1H3,(H,34,37)/t11?,12-,16+,18-,21+/m0/s1. The predicted molar refractivity (Wildman–Crippen MR) is 118 cm³/mol. The highest BCUT2D eigenvalue weighted by atomic mass is 35.5. The molecule has 0 radical (unpaired) electrons. The number of anilines is 1. The summed E-state index contributed by atoms with van der Waals surface area (Å²) in [6.07, 6.45) is -2.26. The molecule has 0 spiro atoms. The van der Waals surface area contributed by atoms with Gasteiger partial charge in [0.05, 0.1) is 5.69 Å². The maximum Gasteiger partial charge on any atom is 0.573 e. The van der Waals surface area contributed by atoms with Gasteiger partial charge in [0.25, 0.3) is 23.4 Å². The van der Waals surface area contributed by atoms with E-state index in [4.69, 9.17) is 11.6 Å². The van der Waals surface area contributed by atoms with Gasteiger partial charge in [-0.25, -0.2) is 27.5 Å². The van der Waals surface area contributed by atoms with E-state index in [-0.39, 0.29) is 18.4 Å². The second kappa shape index (κ2) is 9.86. The Morgan fingerprint density at radius 3 is 2.37 bits per heavy atom. The van der Waals surface area contributed by atoms with Gasteiger partial charge in [0.1, 0.15) is 12.1 Å². The number of halogens is 8. The molecule has 1 aromatic carbocycles. The molecule has 2 bridgehead atoms. The molecule has 1 heterocycles. The third-order valence-electron chi connectivity index (χ3n) is 6.96. The van der Waals surface area contributed by atoms with Gasteiger partial charge in [-0.05, 0) is 37.8 Å². The van der Waals surface area contributed by atoms with Crippen LogP contribution in [0.2, 0.25) is 0 Å². The van der Waals surface area contributed by atoms with Gasteiger partial charge >= 0.3 is 6.36 Å². The van der Waals surface area contributed by atoms with Crippen LogP contribution in [0.5, 0.6) is 5.75 Å². The van der Waals surface area contributed by atoms with Crippen molar-refractivity contribution in [3.63, 3.8) is 0 Å². The second-order valence-corrected chi connectivity index (χ2v) is 9.69. The lowest BCUT2D eigenvalue weighted by molar-refractivity contribution is -0.274. The minimum atomic E-state index is -5.16. The first kappa shape index (κ1) is 27.9. The number of carbonyl (C=O) groups is 2. The van der Waals surface area contributed by atoms with E-state index < -0.39 is 76.8 Å². The van der Waals surface area contributed by atoms with E-state index in [9.17, 15) is 35.9 Å². The van der Waals surface area contributed by atoms with E-state index >= 15 is 4.39 Å². The molecule has 1 aromatic heterocycles. The summed E-state index contributed by atoms with van der Waals surface area (Å²) in [4.78, 5) is 34.7. The van der Waals surface area contributed by atoms with E-state index in [0.717, 1.165) is 25.6 Å². The number of carbonyl (C=O) groups excluding carboxylic acids is 2. The minimum absolute atomic E-state index is 0.0577. The van der Waals surface area contributed by atoms with Crippen LogP contribution in [0.3, 0.4) is 0 Å². The monoisotopic (exact) mass is 568 g/mol. The van der Waals surface area contributed by atoms with Gasteiger partial charge in [-0.1, -0.05) is 11.6 Å². The van der Waals surface area contributed by atoms with Crippen LogP contribution in [-0.2, 0) is 15.1 Å². The Balaban J connectivity index is 1.77. The van der Waals surface area contributed by atoms with Crippen LogP contribution in [-0.4, -0.2) is 45.7 Å². The topological polar surface area (TPSA) is 84.4 Å². The zero-order valence-electron chi connectivity index (χ0n) is 19.5. The molecule has 15 heteroatoms. The van der Waals surface area contributed by atoms with Gasteiger partial charge in [0.2, 0.25) is 0 Å². The summed E-state index contributed by atoms with van der Waals surface area (Å²) in [5.74, 6) is -9.52. The number of alkyl halides is 7. The third kappa shape index (κ3) is 5.22. The maximum absolute atomic E-state index is 15.2. The fourth-order valence-electron chi connectivity index (χ4n) is 5.15. The molecule has 2 amide bonds. The van der Waals surface area contributed by atoms with Crippen molar-refractivity contribution in [2.24, 2.45) is 11.8 Å². The molecule has 2 aliphatic rings. The van der Waals surface area contributed by atoms with Crippen LogP contribution in [0.25, 0.3) is 0 Å². The van der Waals surface area contributed by atoms with Crippen LogP contribution in [0.15, 0.2) is 36.9 Å². The Morgan fingerprint density at radius 1 is 1.21 bits per heavy atom. The largest absolute Gasteiger partial charge is 0.573 e.